The summed E-state index contributed by atoms with van der Waals surface area (Å²) in [5.41, 5.74) is 9.95. The maximum atomic E-state index is 13.4. The second kappa shape index (κ2) is 8.70. The molecule has 34 heavy (non-hydrogen) atoms. The molecule has 5 heterocycles. The number of aromatic nitrogens is 5. The number of nitrogen functional groups attached to an aromatic ring is 1. The van der Waals surface area contributed by atoms with Gasteiger partial charge in [-0.1, -0.05) is 23.2 Å². The summed E-state index contributed by atoms with van der Waals surface area (Å²) in [6.07, 6.45) is 8.41. The number of carbonyl (C=O) groups excluding carboxylic acids is 1. The lowest BCUT2D eigenvalue weighted by molar-refractivity contribution is -0.649. The Labute approximate surface area is 194 Å². The predicted molar refractivity (Wildman–Crippen MR) is 127 cm³/mol. The summed E-state index contributed by atoms with van der Waals surface area (Å²) in [6.45, 7) is 2.47. The molecule has 3 N–H and O–H groups in total. The Bertz CT molecular complexity index is 1580. The second-order valence-corrected chi connectivity index (χ2v) is 7.97. The fourth-order valence-corrected chi connectivity index (χ4v) is 3.91. The number of hydrogen-bond donors (Lipinski definition) is 2. The summed E-state index contributed by atoms with van der Waals surface area (Å²) < 4.78 is 3.18. The molecular weight excluding hydrogens is 430 g/mol. The molecule has 0 aliphatic carbocycles. The van der Waals surface area contributed by atoms with E-state index in [0.717, 1.165) is 16.7 Å². The summed E-state index contributed by atoms with van der Waals surface area (Å²) in [4.78, 5) is 39.6. The Morgan fingerprint density at radius 1 is 1.09 bits per heavy atom. The van der Waals surface area contributed by atoms with Crippen LogP contribution in [0, 0.1) is 6.92 Å². The quantitative estimate of drug-likeness (QED) is 0.310. The molecular formula is C25H22N7O2+. The van der Waals surface area contributed by atoms with E-state index in [0.29, 0.717) is 23.2 Å². The molecule has 0 unspecified atom stereocenters. The van der Waals surface area contributed by atoms with Gasteiger partial charge >= 0.3 is 0 Å². The lowest BCUT2D eigenvalue weighted by Crippen LogP contribution is -2.43. The van der Waals surface area contributed by atoms with Crippen LogP contribution in [0.1, 0.15) is 27.0 Å². The van der Waals surface area contributed by atoms with Crippen LogP contribution in [0.5, 0.6) is 0 Å². The van der Waals surface area contributed by atoms with E-state index in [1.807, 2.05) is 31.2 Å². The van der Waals surface area contributed by atoms with Crippen LogP contribution in [0.15, 0.2) is 78.2 Å². The Morgan fingerprint density at radius 3 is 2.53 bits per heavy atom. The predicted octanol–water partition coefficient (Wildman–Crippen LogP) is 1.79. The highest BCUT2D eigenvalue weighted by Crippen LogP contribution is 2.17. The van der Waals surface area contributed by atoms with Gasteiger partial charge in [-0.05, 0) is 36.8 Å². The van der Waals surface area contributed by atoms with Crippen molar-refractivity contribution in [2.75, 3.05) is 5.73 Å². The number of pyridine rings is 4. The summed E-state index contributed by atoms with van der Waals surface area (Å²) in [5, 5.41) is 3.16. The number of hydrogen-bond acceptors (Lipinski definition) is 6. The Hall–Kier alpha value is -4.66. The van der Waals surface area contributed by atoms with Gasteiger partial charge in [0, 0.05) is 48.7 Å². The third kappa shape index (κ3) is 3.83. The van der Waals surface area contributed by atoms with Crippen molar-refractivity contribution in [2.24, 2.45) is 0 Å². The van der Waals surface area contributed by atoms with Gasteiger partial charge in [0.2, 0.25) is 11.5 Å². The smallest absolute Gasteiger partial charge is 0.278 e. The van der Waals surface area contributed by atoms with Crippen LogP contribution >= 0.6 is 0 Å². The number of aryl methyl sites for hydroxylation is 1. The maximum absolute atomic E-state index is 13.4. The summed E-state index contributed by atoms with van der Waals surface area (Å²) in [7, 11) is 0. The number of nitrogens with zero attached hydrogens (tertiary/aromatic N) is 5. The monoisotopic (exact) mass is 452 g/mol. The number of anilines is 1. The number of amides is 1. The highest BCUT2D eigenvalue weighted by atomic mass is 16.1. The molecule has 0 aliphatic heterocycles. The minimum Gasteiger partial charge on any atom is -0.348 e. The maximum Gasteiger partial charge on any atom is 0.278 e. The minimum atomic E-state index is -0.392. The van der Waals surface area contributed by atoms with Gasteiger partial charge in [-0.2, -0.15) is 0 Å². The molecule has 0 radical (unpaired) electrons. The van der Waals surface area contributed by atoms with Crippen LogP contribution in [-0.2, 0) is 13.1 Å². The highest BCUT2D eigenvalue weighted by molar-refractivity contribution is 6.00. The first-order chi connectivity index (χ1) is 16.5. The van der Waals surface area contributed by atoms with E-state index < -0.39 is 5.91 Å². The molecule has 0 aromatic carbocycles. The van der Waals surface area contributed by atoms with Crippen molar-refractivity contribution in [1.29, 1.82) is 0 Å². The van der Waals surface area contributed by atoms with Gasteiger partial charge in [-0.25, -0.2) is 4.57 Å². The van der Waals surface area contributed by atoms with Gasteiger partial charge in [0.25, 0.3) is 17.1 Å². The molecule has 168 valence electrons. The van der Waals surface area contributed by atoms with Gasteiger partial charge in [0.15, 0.2) is 0 Å². The summed E-state index contributed by atoms with van der Waals surface area (Å²) >= 11 is 0. The van der Waals surface area contributed by atoms with Crippen molar-refractivity contribution < 1.29 is 9.36 Å². The van der Waals surface area contributed by atoms with Crippen LogP contribution in [0.3, 0.4) is 0 Å². The van der Waals surface area contributed by atoms with E-state index in [1.165, 1.54) is 10.5 Å². The molecule has 0 aliphatic rings. The normalized spacial score (nSPS) is 11.1. The zero-order valence-corrected chi connectivity index (χ0v) is 18.5. The SMILES string of the molecule is Cc1cccn2c(=O)c3cc(C(=O)NCc4cccnc4)c(N)[n+](Cc4cccnc4)c3nc12. The van der Waals surface area contributed by atoms with E-state index in [-0.39, 0.29) is 23.5 Å². The first-order valence-corrected chi connectivity index (χ1v) is 10.7. The molecule has 0 fully saturated rings. The van der Waals surface area contributed by atoms with Gasteiger partial charge < -0.3 is 11.1 Å². The summed E-state index contributed by atoms with van der Waals surface area (Å²) in [5.74, 6) is -0.179. The van der Waals surface area contributed by atoms with Crippen molar-refractivity contribution in [1.82, 2.24) is 24.7 Å². The van der Waals surface area contributed by atoms with E-state index in [1.54, 1.807) is 47.7 Å². The number of nitrogens with one attached hydrogen (secondary N) is 1. The molecule has 0 spiro atoms. The number of fused-ring (bicyclic) bond motifs is 2. The standard InChI is InChI=1S/C25H21N7O2/c1-16-5-4-10-31-22(16)30-23-20(25(31)34)11-19(24(33)29-14-17-6-2-8-27-12-17)21(26)32(23)15-18-7-3-9-28-13-18/h2-13,26H,14-15H2,1H3,(H,29,33)/p+1. The van der Waals surface area contributed by atoms with Crippen LogP contribution in [0.25, 0.3) is 16.7 Å². The van der Waals surface area contributed by atoms with Gasteiger partial charge in [0.1, 0.15) is 10.9 Å². The van der Waals surface area contributed by atoms with Crippen LogP contribution < -0.4 is 21.2 Å². The molecule has 0 saturated heterocycles. The zero-order valence-electron chi connectivity index (χ0n) is 18.5. The molecule has 5 aromatic heterocycles. The molecule has 0 bridgehead atoms. The van der Waals surface area contributed by atoms with Gasteiger partial charge in [-0.15, -0.1) is 0 Å². The van der Waals surface area contributed by atoms with Gasteiger partial charge in [-0.3, -0.25) is 24.0 Å². The number of carbonyl (C=O) groups is 1. The Morgan fingerprint density at radius 2 is 1.82 bits per heavy atom. The van der Waals surface area contributed by atoms with E-state index >= 15 is 0 Å². The van der Waals surface area contributed by atoms with Crippen LogP contribution in [-0.4, -0.2) is 25.3 Å². The fraction of sp³-hybridized carbons (Fsp3) is 0.120. The fourth-order valence-electron chi connectivity index (χ4n) is 3.91. The third-order valence-electron chi connectivity index (χ3n) is 5.66. The zero-order chi connectivity index (χ0) is 23.7. The van der Waals surface area contributed by atoms with Crippen molar-refractivity contribution in [3.8, 4) is 0 Å². The molecule has 0 atom stereocenters. The van der Waals surface area contributed by atoms with Crippen molar-refractivity contribution >= 4 is 28.4 Å². The molecule has 9 heteroatoms. The Kier molecular flexibility index (Phi) is 5.43. The van der Waals surface area contributed by atoms with E-state index in [2.05, 4.69) is 15.3 Å². The lowest BCUT2D eigenvalue weighted by Gasteiger charge is -2.13. The largest absolute Gasteiger partial charge is 0.348 e. The highest BCUT2D eigenvalue weighted by Gasteiger charge is 2.25. The first kappa shape index (κ1) is 21.2. The number of nitrogens with two attached hydrogens (primary N) is 1. The minimum absolute atomic E-state index is 0.201. The van der Waals surface area contributed by atoms with Crippen LogP contribution in [0.4, 0.5) is 5.82 Å². The average Bonchev–Trinajstić information content (AvgIpc) is 2.86. The summed E-state index contributed by atoms with van der Waals surface area (Å²) in [6, 6.07) is 12.6. The van der Waals surface area contributed by atoms with Gasteiger partial charge in [0.05, 0.1) is 6.54 Å². The number of rotatable bonds is 5. The van der Waals surface area contributed by atoms with Crippen molar-refractivity contribution in [2.45, 2.75) is 20.0 Å². The first-order valence-electron chi connectivity index (χ1n) is 10.7. The molecule has 9 nitrogen and oxygen atoms in total. The lowest BCUT2D eigenvalue weighted by atomic mass is 10.1. The third-order valence-corrected chi connectivity index (χ3v) is 5.66. The Balaban J connectivity index is 1.69. The van der Waals surface area contributed by atoms with Crippen LogP contribution in [0.2, 0.25) is 0 Å². The van der Waals surface area contributed by atoms with Crippen molar-refractivity contribution in [3.63, 3.8) is 0 Å². The molecule has 5 aromatic rings. The topological polar surface area (TPSA) is 119 Å². The molecule has 0 saturated carbocycles. The van der Waals surface area contributed by atoms with E-state index in [9.17, 15) is 9.59 Å². The van der Waals surface area contributed by atoms with E-state index in [4.69, 9.17) is 10.7 Å². The van der Waals surface area contributed by atoms with Crippen molar-refractivity contribution in [3.05, 3.63) is 106 Å². The second-order valence-electron chi connectivity index (χ2n) is 7.97. The molecule has 5 rings (SSSR count). The molecule has 1 amide bonds. The average molecular weight is 452 g/mol.